The van der Waals surface area contributed by atoms with Crippen molar-refractivity contribution in [2.75, 3.05) is 37.6 Å². The Bertz CT molecular complexity index is 911. The number of nitrogens with zero attached hydrogens (tertiary/aromatic N) is 4. The van der Waals surface area contributed by atoms with Gasteiger partial charge in [-0.15, -0.1) is 0 Å². The van der Waals surface area contributed by atoms with Crippen molar-refractivity contribution in [3.05, 3.63) is 24.0 Å². The Morgan fingerprint density at radius 3 is 2.53 bits per heavy atom. The number of piperidine rings is 1. The molecule has 0 aromatic carbocycles. The van der Waals surface area contributed by atoms with E-state index in [1.807, 2.05) is 6.07 Å². The van der Waals surface area contributed by atoms with Crippen LogP contribution in [-0.4, -0.2) is 83.1 Å². The summed E-state index contributed by atoms with van der Waals surface area (Å²) in [5, 5.41) is 0.754. The minimum atomic E-state index is -2.16. The van der Waals surface area contributed by atoms with Gasteiger partial charge in [0, 0.05) is 43.5 Å². The van der Waals surface area contributed by atoms with Gasteiger partial charge in [-0.05, 0) is 26.0 Å². The molecular weight excluding hydrogens is 395 g/mol. The number of amides is 1. The summed E-state index contributed by atoms with van der Waals surface area (Å²) in [6, 6.07) is 3.98. The number of aromatic amines is 1. The monoisotopic (exact) mass is 423 g/mol. The number of piperazine rings is 1. The van der Waals surface area contributed by atoms with Gasteiger partial charge in [-0.3, -0.25) is 9.69 Å². The molecule has 2 saturated heterocycles. The van der Waals surface area contributed by atoms with Crippen LogP contribution < -0.4 is 4.90 Å². The smallest absolute Gasteiger partial charge is 0.272 e. The lowest BCUT2D eigenvalue weighted by Crippen LogP contribution is -2.55. The molecule has 2 fully saturated rings. The minimum Gasteiger partial charge on any atom is -0.354 e. The third-order valence-electron chi connectivity index (χ3n) is 6.35. The Balaban J connectivity index is 1.52. The van der Waals surface area contributed by atoms with Crippen LogP contribution in [0.3, 0.4) is 0 Å². The molecule has 0 bridgehead atoms. The molecule has 164 valence electrons. The van der Waals surface area contributed by atoms with Crippen LogP contribution in [0.5, 0.6) is 0 Å². The molecule has 4 atom stereocenters. The van der Waals surface area contributed by atoms with E-state index in [4.69, 9.17) is 0 Å². The third kappa shape index (κ3) is 3.75. The van der Waals surface area contributed by atoms with Gasteiger partial charge < -0.3 is 14.8 Å². The van der Waals surface area contributed by atoms with E-state index < -0.39 is 37.0 Å². The molecule has 0 aliphatic carbocycles. The molecular formula is C21H28F3N5O. The Hall–Kier alpha value is -2.29. The van der Waals surface area contributed by atoms with Crippen molar-refractivity contribution in [1.82, 2.24) is 19.8 Å². The lowest BCUT2D eigenvalue weighted by atomic mass is 9.94. The number of aromatic nitrogens is 2. The van der Waals surface area contributed by atoms with Crippen LogP contribution in [0.15, 0.2) is 18.3 Å². The summed E-state index contributed by atoms with van der Waals surface area (Å²) in [4.78, 5) is 25.4. The number of hydrogen-bond acceptors (Lipinski definition) is 4. The van der Waals surface area contributed by atoms with E-state index >= 15 is 0 Å². The lowest BCUT2D eigenvalue weighted by molar-refractivity contribution is -0.0639. The van der Waals surface area contributed by atoms with Gasteiger partial charge in [-0.2, -0.15) is 0 Å². The average molecular weight is 423 g/mol. The van der Waals surface area contributed by atoms with Gasteiger partial charge in [0.2, 0.25) is 6.30 Å². The van der Waals surface area contributed by atoms with Crippen LogP contribution in [0.25, 0.3) is 10.9 Å². The number of rotatable bonds is 3. The molecule has 0 saturated carbocycles. The zero-order chi connectivity index (χ0) is 21.6. The minimum absolute atomic E-state index is 0.102. The van der Waals surface area contributed by atoms with Crippen LogP contribution in [0.4, 0.5) is 19.0 Å². The Labute approximate surface area is 174 Å². The zero-order valence-electron chi connectivity index (χ0n) is 17.5. The van der Waals surface area contributed by atoms with E-state index in [0.717, 1.165) is 37.4 Å². The summed E-state index contributed by atoms with van der Waals surface area (Å²) < 4.78 is 42.5. The molecule has 0 spiro atoms. The van der Waals surface area contributed by atoms with Gasteiger partial charge in [-0.1, -0.05) is 6.92 Å². The average Bonchev–Trinajstić information content (AvgIpc) is 3.17. The van der Waals surface area contributed by atoms with Crippen LogP contribution in [0, 0.1) is 5.92 Å². The quantitative estimate of drug-likeness (QED) is 0.771. The molecule has 4 unspecified atom stereocenters. The number of nitrogens with one attached hydrogen (secondary N) is 1. The number of H-pyrrole nitrogens is 1. The van der Waals surface area contributed by atoms with Crippen molar-refractivity contribution in [3.8, 4) is 0 Å². The van der Waals surface area contributed by atoms with E-state index in [9.17, 15) is 18.0 Å². The van der Waals surface area contributed by atoms with E-state index in [0.29, 0.717) is 16.5 Å². The first-order valence-corrected chi connectivity index (χ1v) is 10.5. The molecule has 2 aliphatic heterocycles. The van der Waals surface area contributed by atoms with Crippen molar-refractivity contribution < 1.29 is 18.0 Å². The molecule has 4 heterocycles. The van der Waals surface area contributed by atoms with Gasteiger partial charge in [0.1, 0.15) is 17.7 Å². The Kier molecular flexibility index (Phi) is 5.65. The number of fused-ring (bicyclic) bond motifs is 1. The molecule has 4 rings (SSSR count). The summed E-state index contributed by atoms with van der Waals surface area (Å²) in [5.41, 5.74) is 0.725. The second kappa shape index (κ2) is 8.09. The predicted molar refractivity (Wildman–Crippen MR) is 110 cm³/mol. The number of carbonyl (C=O) groups is 1. The molecule has 2 aromatic rings. The second-order valence-electron chi connectivity index (χ2n) is 8.58. The van der Waals surface area contributed by atoms with Crippen LogP contribution in [0.2, 0.25) is 0 Å². The highest BCUT2D eigenvalue weighted by Gasteiger charge is 2.45. The van der Waals surface area contributed by atoms with Crippen molar-refractivity contribution in [2.45, 2.75) is 45.5 Å². The highest BCUT2D eigenvalue weighted by Crippen LogP contribution is 2.31. The highest BCUT2D eigenvalue weighted by atomic mass is 19.2. The molecule has 30 heavy (non-hydrogen) atoms. The maximum atomic E-state index is 14.4. The van der Waals surface area contributed by atoms with Crippen LogP contribution in [-0.2, 0) is 0 Å². The topological polar surface area (TPSA) is 55.5 Å². The van der Waals surface area contributed by atoms with Gasteiger partial charge >= 0.3 is 0 Å². The Morgan fingerprint density at radius 2 is 1.87 bits per heavy atom. The first-order chi connectivity index (χ1) is 14.3. The maximum absolute atomic E-state index is 14.4. The van der Waals surface area contributed by atoms with E-state index in [-0.39, 0.29) is 5.69 Å². The van der Waals surface area contributed by atoms with Crippen molar-refractivity contribution in [2.24, 2.45) is 5.92 Å². The summed E-state index contributed by atoms with van der Waals surface area (Å²) in [6.07, 6.45) is -4.16. The van der Waals surface area contributed by atoms with Crippen molar-refractivity contribution >= 4 is 22.6 Å². The van der Waals surface area contributed by atoms with Gasteiger partial charge in [0.25, 0.3) is 5.91 Å². The van der Waals surface area contributed by atoms with E-state index in [1.54, 1.807) is 12.3 Å². The normalized spacial score (nSPS) is 28.5. The van der Waals surface area contributed by atoms with Crippen LogP contribution in [0.1, 0.15) is 31.3 Å². The first kappa shape index (κ1) is 21.0. The van der Waals surface area contributed by atoms with Gasteiger partial charge in [0.15, 0.2) is 6.17 Å². The molecule has 9 heteroatoms. The molecule has 2 aliphatic rings. The van der Waals surface area contributed by atoms with E-state index in [2.05, 4.69) is 33.6 Å². The van der Waals surface area contributed by atoms with Crippen molar-refractivity contribution in [1.29, 1.82) is 0 Å². The zero-order valence-corrected chi connectivity index (χ0v) is 17.5. The second-order valence-corrected chi connectivity index (χ2v) is 8.58. The Morgan fingerprint density at radius 1 is 1.17 bits per heavy atom. The molecule has 2 aromatic heterocycles. The fourth-order valence-electron chi connectivity index (χ4n) is 4.20. The van der Waals surface area contributed by atoms with Gasteiger partial charge in [0.05, 0.1) is 18.3 Å². The van der Waals surface area contributed by atoms with Crippen molar-refractivity contribution in [3.63, 3.8) is 0 Å². The highest BCUT2D eigenvalue weighted by molar-refractivity contribution is 5.98. The predicted octanol–water partition coefficient (Wildman–Crippen LogP) is 3.16. The molecule has 1 N–H and O–H groups in total. The summed E-state index contributed by atoms with van der Waals surface area (Å²) in [6.45, 7) is 8.85. The number of pyridine rings is 1. The fourth-order valence-corrected chi connectivity index (χ4v) is 4.20. The maximum Gasteiger partial charge on any atom is 0.272 e. The first-order valence-electron chi connectivity index (χ1n) is 10.5. The van der Waals surface area contributed by atoms with E-state index in [1.165, 1.54) is 6.92 Å². The number of alkyl halides is 3. The molecule has 0 radical (unpaired) electrons. The number of hydrogen-bond donors (Lipinski definition) is 1. The number of carbonyl (C=O) groups excluding carboxylic acids is 1. The molecule has 6 nitrogen and oxygen atoms in total. The molecule has 1 amide bonds. The summed E-state index contributed by atoms with van der Waals surface area (Å²) in [7, 11) is 0. The third-order valence-corrected chi connectivity index (χ3v) is 6.35. The lowest BCUT2D eigenvalue weighted by Gasteiger charge is -2.38. The van der Waals surface area contributed by atoms with Crippen LogP contribution >= 0.6 is 0 Å². The number of likely N-dealkylation sites (tertiary alicyclic amines) is 1. The van der Waals surface area contributed by atoms with Gasteiger partial charge in [-0.25, -0.2) is 18.2 Å². The standard InChI is InChI=1S/C21H28F3N5O/c1-12(2)27-4-6-28(7-5-27)18-9-14-8-16(26-17(14)10-25-18)21(30)29-11-15(22)13(3)19(23)20(29)24/h8-10,12-13,15,19-20,26H,4-7,11H2,1-3H3. The fraction of sp³-hybridized carbons (Fsp3) is 0.619. The summed E-state index contributed by atoms with van der Waals surface area (Å²) in [5.74, 6) is -1.01. The summed E-state index contributed by atoms with van der Waals surface area (Å²) >= 11 is 0. The largest absolute Gasteiger partial charge is 0.354 e. The SMILES string of the molecule is CC1C(F)CN(C(=O)c2cc3cc(N4CCN(C(C)C)CC4)ncc3[nH]2)C(F)C1F. The number of halogens is 3. The number of anilines is 1.